The highest BCUT2D eigenvalue weighted by molar-refractivity contribution is 6.07. The van der Waals surface area contributed by atoms with Crippen molar-refractivity contribution in [2.24, 2.45) is 5.92 Å². The summed E-state index contributed by atoms with van der Waals surface area (Å²) in [6.07, 6.45) is 1.17. The van der Waals surface area contributed by atoms with Crippen molar-refractivity contribution in [3.05, 3.63) is 30.0 Å². The number of nitrogens with zero attached hydrogens (tertiary/aromatic N) is 3. The summed E-state index contributed by atoms with van der Waals surface area (Å²) >= 11 is 0. The Morgan fingerprint density at radius 2 is 1.93 bits per heavy atom. The summed E-state index contributed by atoms with van der Waals surface area (Å²) in [6.45, 7) is 5.50. The Hall–Kier alpha value is -2.90. The Morgan fingerprint density at radius 1 is 1.21 bits per heavy atom. The van der Waals surface area contributed by atoms with Crippen LogP contribution in [0.15, 0.2) is 24.3 Å². The van der Waals surface area contributed by atoms with Crippen molar-refractivity contribution >= 4 is 28.7 Å². The number of carbonyl (C=O) groups is 3. The van der Waals surface area contributed by atoms with Gasteiger partial charge in [-0.3, -0.25) is 20.0 Å². The molecule has 2 saturated heterocycles. The van der Waals surface area contributed by atoms with E-state index in [4.69, 9.17) is 0 Å². The maximum atomic E-state index is 12.8. The molecule has 1 aromatic carbocycles. The number of hydrogen-bond donors (Lipinski definition) is 2. The largest absolute Gasteiger partial charge is 0.342 e. The molecule has 8 nitrogen and oxygen atoms in total. The van der Waals surface area contributed by atoms with Gasteiger partial charge in [0.15, 0.2) is 0 Å². The van der Waals surface area contributed by atoms with E-state index < -0.39 is 5.54 Å². The topological polar surface area (TPSA) is 98.4 Å². The average Bonchev–Trinajstić information content (AvgIpc) is 3.17. The zero-order chi connectivity index (χ0) is 19.9. The van der Waals surface area contributed by atoms with Crippen LogP contribution in [-0.2, 0) is 16.0 Å². The molecule has 0 saturated carbocycles. The predicted molar refractivity (Wildman–Crippen MR) is 103 cm³/mol. The summed E-state index contributed by atoms with van der Waals surface area (Å²) in [6, 6.07) is 7.38. The van der Waals surface area contributed by atoms with Crippen molar-refractivity contribution in [2.45, 2.75) is 38.6 Å². The van der Waals surface area contributed by atoms with Gasteiger partial charge < -0.3 is 9.80 Å². The Kier molecular flexibility index (Phi) is 4.56. The zero-order valence-corrected chi connectivity index (χ0v) is 16.2. The van der Waals surface area contributed by atoms with E-state index in [-0.39, 0.29) is 30.2 Å². The fourth-order valence-electron chi connectivity index (χ4n) is 4.26. The van der Waals surface area contributed by atoms with Crippen molar-refractivity contribution in [1.82, 2.24) is 25.3 Å². The lowest BCUT2D eigenvalue weighted by Gasteiger charge is -2.42. The van der Waals surface area contributed by atoms with Crippen molar-refractivity contribution in [1.29, 1.82) is 0 Å². The number of aromatic nitrogens is 2. The van der Waals surface area contributed by atoms with Gasteiger partial charge in [-0.05, 0) is 24.8 Å². The highest BCUT2D eigenvalue weighted by Gasteiger charge is 2.54. The van der Waals surface area contributed by atoms with Crippen LogP contribution in [0.2, 0.25) is 0 Å². The minimum atomic E-state index is -0.821. The molecule has 2 aliphatic heterocycles. The Bertz CT molecular complexity index is 927. The van der Waals surface area contributed by atoms with E-state index in [9.17, 15) is 14.4 Å². The summed E-state index contributed by atoms with van der Waals surface area (Å²) in [4.78, 5) is 41.1. The van der Waals surface area contributed by atoms with Crippen LogP contribution < -0.4 is 5.32 Å². The molecular formula is C20H25N5O3. The highest BCUT2D eigenvalue weighted by atomic mass is 16.2. The van der Waals surface area contributed by atoms with E-state index in [1.807, 2.05) is 38.1 Å². The van der Waals surface area contributed by atoms with Gasteiger partial charge in [0.2, 0.25) is 5.91 Å². The van der Waals surface area contributed by atoms with Gasteiger partial charge >= 0.3 is 6.03 Å². The Balaban J connectivity index is 1.45. The number of benzene rings is 1. The van der Waals surface area contributed by atoms with Crippen LogP contribution in [0.25, 0.3) is 10.9 Å². The maximum absolute atomic E-state index is 12.8. The van der Waals surface area contributed by atoms with E-state index >= 15 is 0 Å². The third-order valence-corrected chi connectivity index (χ3v) is 5.76. The van der Waals surface area contributed by atoms with Gasteiger partial charge in [-0.15, -0.1) is 0 Å². The van der Waals surface area contributed by atoms with E-state index in [0.717, 1.165) is 16.6 Å². The van der Waals surface area contributed by atoms with Crippen LogP contribution in [0.1, 0.15) is 32.4 Å². The molecule has 0 aliphatic carbocycles. The van der Waals surface area contributed by atoms with Crippen molar-refractivity contribution < 1.29 is 14.4 Å². The lowest BCUT2D eigenvalue weighted by atomic mass is 9.85. The molecule has 1 aromatic heterocycles. The lowest BCUT2D eigenvalue weighted by molar-refractivity contribution is -0.137. The van der Waals surface area contributed by atoms with E-state index in [1.54, 1.807) is 9.80 Å². The molecule has 4 amide bonds. The summed E-state index contributed by atoms with van der Waals surface area (Å²) in [5, 5.41) is 10.6. The molecule has 2 fully saturated rings. The quantitative estimate of drug-likeness (QED) is 0.785. The fraction of sp³-hybridized carbons (Fsp3) is 0.500. The number of urea groups is 1. The van der Waals surface area contributed by atoms with E-state index in [2.05, 4.69) is 15.5 Å². The second-order valence-corrected chi connectivity index (χ2v) is 8.07. The monoisotopic (exact) mass is 383 g/mol. The number of likely N-dealkylation sites (tertiary alicyclic amines) is 1. The minimum absolute atomic E-state index is 0.00407. The van der Waals surface area contributed by atoms with Gasteiger partial charge in [0.05, 0.1) is 17.6 Å². The first-order valence-electron chi connectivity index (χ1n) is 9.73. The smallest absolute Gasteiger partial charge is 0.325 e. The van der Waals surface area contributed by atoms with Crippen molar-refractivity contribution in [3.8, 4) is 0 Å². The van der Waals surface area contributed by atoms with Gasteiger partial charge in [0.1, 0.15) is 5.54 Å². The molecule has 0 atom stereocenters. The number of fused-ring (bicyclic) bond motifs is 1. The molecule has 3 heterocycles. The number of para-hydroxylation sites is 1. The first-order valence-corrected chi connectivity index (χ1v) is 9.73. The first kappa shape index (κ1) is 18.5. The van der Waals surface area contributed by atoms with E-state index in [1.165, 1.54) is 0 Å². The molecule has 4 rings (SSSR count). The van der Waals surface area contributed by atoms with Crippen LogP contribution in [-0.4, -0.2) is 63.0 Å². The number of piperidine rings is 1. The molecule has 1 spiro atoms. The van der Waals surface area contributed by atoms with Gasteiger partial charge in [-0.2, -0.15) is 5.10 Å². The fourth-order valence-corrected chi connectivity index (χ4v) is 4.26. The molecular weight excluding hydrogens is 358 g/mol. The third-order valence-electron chi connectivity index (χ3n) is 5.76. The number of carbonyl (C=O) groups excluding carboxylic acids is 3. The standard InChI is InChI=1S/C20H25N5O3/c1-13(2)12-25-19(28)21-18(27)20(25)7-9-24(10-8-20)17(26)11-16-14-5-3-4-6-15(14)22-23-16/h3-6,13H,7-12H2,1-2H3,(H,22,23)(H,21,27,28). The Morgan fingerprint density at radius 3 is 2.64 bits per heavy atom. The lowest BCUT2D eigenvalue weighted by Crippen LogP contribution is -2.58. The van der Waals surface area contributed by atoms with Gasteiger partial charge in [-0.25, -0.2) is 4.79 Å². The third kappa shape index (κ3) is 3.02. The SMILES string of the molecule is CC(C)CN1C(=O)NC(=O)C12CCN(C(=O)Cc1[nH]nc3ccccc13)CC2. The van der Waals surface area contributed by atoms with Crippen LogP contribution in [0.3, 0.4) is 0 Å². The minimum Gasteiger partial charge on any atom is -0.342 e. The number of nitrogens with one attached hydrogen (secondary N) is 2. The summed E-state index contributed by atoms with van der Waals surface area (Å²) in [7, 11) is 0. The summed E-state index contributed by atoms with van der Waals surface area (Å²) in [5.74, 6) is 0.0380. The normalized spacial score (nSPS) is 19.1. The number of rotatable bonds is 4. The van der Waals surface area contributed by atoms with Crippen LogP contribution in [0, 0.1) is 5.92 Å². The van der Waals surface area contributed by atoms with Gasteiger partial charge in [0.25, 0.3) is 5.91 Å². The maximum Gasteiger partial charge on any atom is 0.325 e. The molecule has 148 valence electrons. The predicted octanol–water partition coefficient (Wildman–Crippen LogP) is 1.67. The first-order chi connectivity index (χ1) is 13.4. The molecule has 2 aliphatic rings. The van der Waals surface area contributed by atoms with Crippen molar-refractivity contribution in [3.63, 3.8) is 0 Å². The van der Waals surface area contributed by atoms with Crippen LogP contribution in [0.5, 0.6) is 0 Å². The molecule has 0 radical (unpaired) electrons. The van der Waals surface area contributed by atoms with Crippen molar-refractivity contribution in [2.75, 3.05) is 19.6 Å². The van der Waals surface area contributed by atoms with Crippen LogP contribution >= 0.6 is 0 Å². The Labute approximate surface area is 163 Å². The average molecular weight is 383 g/mol. The molecule has 28 heavy (non-hydrogen) atoms. The second kappa shape index (κ2) is 6.92. The zero-order valence-electron chi connectivity index (χ0n) is 16.2. The molecule has 2 N–H and O–H groups in total. The molecule has 2 aromatic rings. The number of amides is 4. The number of H-pyrrole nitrogens is 1. The molecule has 0 unspecified atom stereocenters. The molecule has 0 bridgehead atoms. The highest BCUT2D eigenvalue weighted by Crippen LogP contribution is 2.34. The number of hydrogen-bond acceptors (Lipinski definition) is 4. The van der Waals surface area contributed by atoms with Gasteiger partial charge in [-0.1, -0.05) is 32.0 Å². The number of aromatic amines is 1. The number of imide groups is 1. The van der Waals surface area contributed by atoms with Crippen LogP contribution in [0.4, 0.5) is 4.79 Å². The van der Waals surface area contributed by atoms with Gasteiger partial charge in [0, 0.05) is 25.0 Å². The molecule has 8 heteroatoms. The second-order valence-electron chi connectivity index (χ2n) is 8.07. The summed E-state index contributed by atoms with van der Waals surface area (Å²) < 4.78 is 0. The summed E-state index contributed by atoms with van der Waals surface area (Å²) in [5.41, 5.74) is 0.822. The van der Waals surface area contributed by atoms with E-state index in [0.29, 0.717) is 32.5 Å².